The Morgan fingerprint density at radius 2 is 1.91 bits per heavy atom. The predicted octanol–water partition coefficient (Wildman–Crippen LogP) is 3.05. The first kappa shape index (κ1) is 25.3. The molecule has 10 heteroatoms. The normalized spacial score (nSPS) is 15.5. The number of halogens is 2. The molecule has 8 nitrogen and oxygen atoms in total. The summed E-state index contributed by atoms with van der Waals surface area (Å²) in [7, 11) is 1.23. The molecule has 32 heavy (non-hydrogen) atoms. The Labute approximate surface area is 195 Å². The maximum Gasteiger partial charge on any atom is 0.381 e. The van der Waals surface area contributed by atoms with Crippen molar-refractivity contribution >= 4 is 41.1 Å². The number of esters is 2. The first-order valence-electron chi connectivity index (χ1n) is 9.42. The maximum atomic E-state index is 13.0. The molecule has 2 N–H and O–H groups in total. The zero-order valence-corrected chi connectivity index (χ0v) is 19.1. The number of carbonyl (C=O) groups excluding carboxylic acids is 2. The summed E-state index contributed by atoms with van der Waals surface area (Å²) in [6.45, 7) is 3.05. The number of methoxy groups -OCH3 is 1. The van der Waals surface area contributed by atoms with Gasteiger partial charge in [0.15, 0.2) is 0 Å². The van der Waals surface area contributed by atoms with Gasteiger partial charge in [0.1, 0.15) is 6.61 Å². The highest BCUT2D eigenvalue weighted by atomic mass is 35.5. The van der Waals surface area contributed by atoms with Gasteiger partial charge < -0.3 is 24.6 Å². The lowest BCUT2D eigenvalue weighted by atomic mass is 9.80. The minimum atomic E-state index is -1.28. The monoisotopic (exact) mass is 481 g/mol. The van der Waals surface area contributed by atoms with E-state index in [4.69, 9.17) is 42.5 Å². The van der Waals surface area contributed by atoms with Gasteiger partial charge in [-0.15, -0.1) is 0 Å². The van der Waals surface area contributed by atoms with E-state index in [9.17, 15) is 14.4 Å². The number of hydrogen-bond acceptors (Lipinski definition) is 7. The molecular weight excluding hydrogens is 461 g/mol. The molecular formula is C22H21Cl2NO7. The van der Waals surface area contributed by atoms with Crippen molar-refractivity contribution in [1.29, 1.82) is 0 Å². The maximum absolute atomic E-state index is 13.0. The molecule has 1 unspecified atom stereocenters. The van der Waals surface area contributed by atoms with E-state index in [1.165, 1.54) is 7.11 Å². The Bertz CT molecular complexity index is 1050. The van der Waals surface area contributed by atoms with Crippen LogP contribution >= 0.6 is 23.2 Å². The molecule has 1 aromatic carbocycles. The first-order valence-corrected chi connectivity index (χ1v) is 10.2. The van der Waals surface area contributed by atoms with Gasteiger partial charge in [0, 0.05) is 11.6 Å². The third kappa shape index (κ3) is 5.82. The summed E-state index contributed by atoms with van der Waals surface area (Å²) in [5, 5.41) is 12.0. The van der Waals surface area contributed by atoms with Crippen molar-refractivity contribution < 1.29 is 33.7 Å². The van der Waals surface area contributed by atoms with Crippen LogP contribution in [0.4, 0.5) is 0 Å². The summed E-state index contributed by atoms with van der Waals surface area (Å²) in [5.74, 6) is 0.690. The molecule has 1 aliphatic heterocycles. The van der Waals surface area contributed by atoms with E-state index in [-0.39, 0.29) is 41.0 Å². The zero-order chi connectivity index (χ0) is 23.8. The Hall–Kier alpha value is -2.99. The topological polar surface area (TPSA) is 111 Å². The number of dihydropyridines is 1. The highest BCUT2D eigenvalue weighted by Gasteiger charge is 2.40. The number of aliphatic carboxylic acids is 1. The number of carboxylic acid groups (broad SMARTS) is 1. The number of carboxylic acids is 1. The second-order valence-corrected chi connectivity index (χ2v) is 7.23. The zero-order valence-electron chi connectivity index (χ0n) is 17.6. The van der Waals surface area contributed by atoms with Crippen LogP contribution in [0.2, 0.25) is 10.0 Å². The fourth-order valence-corrected chi connectivity index (χ4v) is 3.63. The number of ether oxygens (including phenoxy) is 3. The lowest BCUT2D eigenvalue weighted by molar-refractivity contribution is -0.139. The van der Waals surface area contributed by atoms with Crippen molar-refractivity contribution in [2.75, 3.05) is 26.9 Å². The molecule has 0 saturated heterocycles. The Morgan fingerprint density at radius 3 is 2.53 bits per heavy atom. The van der Waals surface area contributed by atoms with Gasteiger partial charge in [-0.1, -0.05) is 41.3 Å². The minimum Gasteiger partial charge on any atom is -0.472 e. The number of hydrogen-bond donors (Lipinski definition) is 2. The van der Waals surface area contributed by atoms with Gasteiger partial charge in [-0.2, -0.15) is 0 Å². The number of nitrogens with one attached hydrogen (secondary N) is 1. The molecule has 170 valence electrons. The van der Waals surface area contributed by atoms with E-state index in [1.54, 1.807) is 32.0 Å². The van der Waals surface area contributed by atoms with E-state index in [2.05, 4.69) is 11.2 Å². The van der Waals surface area contributed by atoms with E-state index in [0.717, 1.165) is 0 Å². The molecule has 0 saturated carbocycles. The molecule has 0 bridgehead atoms. The van der Waals surface area contributed by atoms with Gasteiger partial charge >= 0.3 is 17.9 Å². The van der Waals surface area contributed by atoms with Crippen molar-refractivity contribution in [3.63, 3.8) is 0 Å². The quantitative estimate of drug-likeness (QED) is 0.347. The minimum absolute atomic E-state index is 0.0901. The summed E-state index contributed by atoms with van der Waals surface area (Å²) in [6.07, 6.45) is 0. The fraction of sp³-hybridized carbons (Fsp3) is 0.318. The number of benzene rings is 1. The standard InChI is InChI=1S/C22H21Cl2NO7/c1-4-32-22(29)19-15(11-31-10-6-9-16(26)27)25-12(2)17(21(28)30-3)18(19)13-7-5-8-14(23)20(13)24/h5,7-8,18,25H,4,10-11H2,1-3H3,(H,26,27). The van der Waals surface area contributed by atoms with Crippen molar-refractivity contribution in [1.82, 2.24) is 5.32 Å². The van der Waals surface area contributed by atoms with Crippen molar-refractivity contribution in [3.8, 4) is 11.8 Å². The summed E-state index contributed by atoms with van der Waals surface area (Å²) in [5.41, 5.74) is 1.39. The van der Waals surface area contributed by atoms with Crippen LogP contribution in [-0.4, -0.2) is 49.9 Å². The molecule has 1 atom stereocenters. The van der Waals surface area contributed by atoms with E-state index < -0.39 is 23.8 Å². The van der Waals surface area contributed by atoms with Gasteiger partial charge in [0.25, 0.3) is 0 Å². The Morgan fingerprint density at radius 1 is 1.19 bits per heavy atom. The molecule has 1 aliphatic rings. The van der Waals surface area contributed by atoms with Gasteiger partial charge in [0.2, 0.25) is 0 Å². The highest BCUT2D eigenvalue weighted by Crippen LogP contribution is 2.43. The van der Waals surface area contributed by atoms with E-state index >= 15 is 0 Å². The number of rotatable bonds is 7. The van der Waals surface area contributed by atoms with Gasteiger partial charge in [-0.3, -0.25) is 0 Å². The molecule has 0 fully saturated rings. The fourth-order valence-electron chi connectivity index (χ4n) is 3.21. The first-order chi connectivity index (χ1) is 15.2. The van der Waals surface area contributed by atoms with Crippen LogP contribution in [0.15, 0.2) is 40.7 Å². The van der Waals surface area contributed by atoms with Crippen molar-refractivity contribution in [3.05, 3.63) is 56.3 Å². The summed E-state index contributed by atoms with van der Waals surface area (Å²) < 4.78 is 15.6. The lowest BCUT2D eigenvalue weighted by Gasteiger charge is -2.31. The van der Waals surface area contributed by atoms with Gasteiger partial charge in [0.05, 0.1) is 53.1 Å². The lowest BCUT2D eigenvalue weighted by Crippen LogP contribution is -2.34. The molecule has 0 aliphatic carbocycles. The second-order valence-electron chi connectivity index (χ2n) is 6.44. The van der Waals surface area contributed by atoms with Crippen molar-refractivity contribution in [2.45, 2.75) is 19.8 Å². The predicted molar refractivity (Wildman–Crippen MR) is 117 cm³/mol. The molecule has 0 amide bonds. The number of carbonyl (C=O) groups is 3. The SMILES string of the molecule is CCOC(=O)C1=C(COCC#CC(=O)O)NC(C)=C(C(=O)OC)C1c1cccc(Cl)c1Cl. The van der Waals surface area contributed by atoms with E-state index in [0.29, 0.717) is 17.0 Å². The van der Waals surface area contributed by atoms with Crippen LogP contribution in [0.5, 0.6) is 0 Å². The Kier molecular flexibility index (Phi) is 9.14. The van der Waals surface area contributed by atoms with Crippen LogP contribution in [-0.2, 0) is 28.6 Å². The average Bonchev–Trinajstić information content (AvgIpc) is 2.74. The molecule has 0 spiro atoms. The average molecular weight is 482 g/mol. The molecule has 1 aromatic rings. The third-order valence-electron chi connectivity index (χ3n) is 4.45. The largest absolute Gasteiger partial charge is 0.472 e. The third-order valence-corrected chi connectivity index (χ3v) is 5.29. The second kappa shape index (κ2) is 11.6. The summed E-state index contributed by atoms with van der Waals surface area (Å²) in [4.78, 5) is 36.2. The Balaban J connectivity index is 2.63. The molecule has 0 radical (unpaired) electrons. The smallest absolute Gasteiger partial charge is 0.381 e. The summed E-state index contributed by atoms with van der Waals surface area (Å²) >= 11 is 12.7. The van der Waals surface area contributed by atoms with E-state index in [1.807, 2.05) is 5.92 Å². The summed E-state index contributed by atoms with van der Waals surface area (Å²) in [6, 6.07) is 4.88. The van der Waals surface area contributed by atoms with Crippen LogP contribution in [0.3, 0.4) is 0 Å². The molecule has 0 aromatic heterocycles. The van der Waals surface area contributed by atoms with Gasteiger partial charge in [-0.25, -0.2) is 14.4 Å². The van der Waals surface area contributed by atoms with Crippen LogP contribution < -0.4 is 5.32 Å². The van der Waals surface area contributed by atoms with Crippen LogP contribution in [0, 0.1) is 11.8 Å². The van der Waals surface area contributed by atoms with Crippen molar-refractivity contribution in [2.24, 2.45) is 0 Å². The highest BCUT2D eigenvalue weighted by molar-refractivity contribution is 6.42. The van der Waals surface area contributed by atoms with Crippen LogP contribution in [0.1, 0.15) is 25.3 Å². The van der Waals surface area contributed by atoms with Gasteiger partial charge in [-0.05, 0) is 25.5 Å². The molecule has 1 heterocycles. The van der Waals surface area contributed by atoms with Crippen LogP contribution in [0.25, 0.3) is 0 Å². The molecule has 2 rings (SSSR count). The number of allylic oxidation sites excluding steroid dienone is 1.